The molecule has 0 amide bonds. The van der Waals surface area contributed by atoms with Gasteiger partial charge in [0, 0.05) is 12.6 Å². The van der Waals surface area contributed by atoms with Crippen LogP contribution in [0.25, 0.3) is 11.0 Å². The van der Waals surface area contributed by atoms with Gasteiger partial charge in [-0.2, -0.15) is 0 Å². The average molecular weight is 363 g/mol. The molecule has 0 radical (unpaired) electrons. The van der Waals surface area contributed by atoms with E-state index in [-0.39, 0.29) is 11.2 Å². The summed E-state index contributed by atoms with van der Waals surface area (Å²) in [5.41, 5.74) is 1.57. The van der Waals surface area contributed by atoms with Gasteiger partial charge in [0.2, 0.25) is 0 Å². The first-order valence-corrected chi connectivity index (χ1v) is 7.77. The molecule has 1 heterocycles. The Kier molecular flexibility index (Phi) is 5.04. The van der Waals surface area contributed by atoms with E-state index in [0.29, 0.717) is 9.99 Å². The lowest BCUT2D eigenvalue weighted by Gasteiger charge is -2.13. The monoisotopic (exact) mass is 361 g/mol. The number of nitrogens with zero attached hydrogens (tertiary/aromatic N) is 3. The van der Waals surface area contributed by atoms with E-state index >= 15 is 0 Å². The summed E-state index contributed by atoms with van der Waals surface area (Å²) in [6, 6.07) is 3.22. The minimum atomic E-state index is -0.302. The van der Waals surface area contributed by atoms with E-state index in [9.17, 15) is 4.39 Å². The normalized spacial score (nSPS) is 13.3. The van der Waals surface area contributed by atoms with Gasteiger partial charge in [0.15, 0.2) is 0 Å². The van der Waals surface area contributed by atoms with E-state index in [4.69, 9.17) is 11.6 Å². The van der Waals surface area contributed by atoms with Crippen molar-refractivity contribution >= 4 is 38.6 Å². The van der Waals surface area contributed by atoms with Gasteiger partial charge in [-0.25, -0.2) is 9.37 Å². The lowest BCUT2D eigenvalue weighted by molar-refractivity contribution is 0.386. The summed E-state index contributed by atoms with van der Waals surface area (Å²) in [5, 5.41) is -0.205. The van der Waals surface area contributed by atoms with Crippen LogP contribution in [0, 0.1) is 5.82 Å². The van der Waals surface area contributed by atoms with Gasteiger partial charge in [-0.05, 0) is 56.0 Å². The average Bonchev–Trinajstić information content (AvgIpc) is 2.68. The van der Waals surface area contributed by atoms with Gasteiger partial charge in [-0.15, -0.1) is 11.6 Å². The predicted octanol–water partition coefficient (Wildman–Crippen LogP) is 4.19. The number of hydrogen-bond donors (Lipinski definition) is 0. The van der Waals surface area contributed by atoms with E-state index in [1.54, 1.807) is 6.07 Å². The highest BCUT2D eigenvalue weighted by Crippen LogP contribution is 2.28. The van der Waals surface area contributed by atoms with Crippen molar-refractivity contribution in [1.82, 2.24) is 14.5 Å². The maximum absolute atomic E-state index is 13.6. The van der Waals surface area contributed by atoms with Crippen molar-refractivity contribution in [3.05, 3.63) is 28.2 Å². The lowest BCUT2D eigenvalue weighted by atomic mass is 10.3. The van der Waals surface area contributed by atoms with E-state index in [2.05, 4.69) is 30.4 Å². The molecule has 0 bridgehead atoms. The van der Waals surface area contributed by atoms with Gasteiger partial charge in [-0.1, -0.05) is 0 Å². The summed E-state index contributed by atoms with van der Waals surface area (Å²) >= 11 is 9.43. The number of aromatic nitrogens is 2. The first kappa shape index (κ1) is 15.7. The van der Waals surface area contributed by atoms with Crippen LogP contribution >= 0.6 is 27.5 Å². The Hall–Kier alpha value is -0.650. The van der Waals surface area contributed by atoms with Gasteiger partial charge in [-0.3, -0.25) is 0 Å². The van der Waals surface area contributed by atoms with Gasteiger partial charge >= 0.3 is 0 Å². The van der Waals surface area contributed by atoms with Crippen molar-refractivity contribution in [3.63, 3.8) is 0 Å². The second-order valence-electron chi connectivity index (χ2n) is 5.15. The Balaban J connectivity index is 2.42. The molecule has 0 N–H and O–H groups in total. The molecule has 20 heavy (non-hydrogen) atoms. The summed E-state index contributed by atoms with van der Waals surface area (Å²) in [7, 11) is 4.09. The topological polar surface area (TPSA) is 21.1 Å². The van der Waals surface area contributed by atoms with Crippen LogP contribution in [-0.2, 0) is 6.54 Å². The van der Waals surface area contributed by atoms with E-state index in [1.165, 1.54) is 6.07 Å². The summed E-state index contributed by atoms with van der Waals surface area (Å²) < 4.78 is 16.1. The van der Waals surface area contributed by atoms with Crippen LogP contribution in [0.5, 0.6) is 0 Å². The minimum absolute atomic E-state index is 0.205. The largest absolute Gasteiger partial charge is 0.327 e. The summed E-state index contributed by atoms with van der Waals surface area (Å²) in [6.45, 7) is 3.69. The molecule has 2 rings (SSSR count). The lowest BCUT2D eigenvalue weighted by Crippen LogP contribution is -2.16. The van der Waals surface area contributed by atoms with Crippen LogP contribution < -0.4 is 0 Å². The van der Waals surface area contributed by atoms with Crippen LogP contribution in [0.15, 0.2) is 16.6 Å². The summed E-state index contributed by atoms with van der Waals surface area (Å²) in [5.74, 6) is 0.488. The molecule has 0 aliphatic heterocycles. The van der Waals surface area contributed by atoms with Crippen LogP contribution in [-0.4, -0.2) is 35.1 Å². The summed E-state index contributed by atoms with van der Waals surface area (Å²) in [4.78, 5) is 6.61. The third-order valence-corrected chi connectivity index (χ3v) is 3.97. The molecule has 0 saturated heterocycles. The van der Waals surface area contributed by atoms with Gasteiger partial charge in [0.05, 0.1) is 20.9 Å². The highest BCUT2D eigenvalue weighted by Gasteiger charge is 2.16. The van der Waals surface area contributed by atoms with Gasteiger partial charge < -0.3 is 9.47 Å². The molecular weight excluding hydrogens is 345 g/mol. The Labute approximate surface area is 131 Å². The smallest absolute Gasteiger partial charge is 0.139 e. The van der Waals surface area contributed by atoms with E-state index in [0.717, 1.165) is 30.9 Å². The number of fused-ring (bicyclic) bond motifs is 1. The Bertz CT molecular complexity index is 610. The fraction of sp³-hybridized carbons (Fsp3) is 0.500. The Morgan fingerprint density at radius 3 is 2.75 bits per heavy atom. The Morgan fingerprint density at radius 2 is 2.15 bits per heavy atom. The van der Waals surface area contributed by atoms with Crippen LogP contribution in [0.3, 0.4) is 0 Å². The molecule has 0 spiro atoms. The third kappa shape index (κ3) is 3.32. The second kappa shape index (κ2) is 6.41. The molecule has 1 unspecified atom stereocenters. The maximum atomic E-state index is 13.6. The second-order valence-corrected chi connectivity index (χ2v) is 6.66. The molecule has 6 heteroatoms. The van der Waals surface area contributed by atoms with Gasteiger partial charge in [0.25, 0.3) is 0 Å². The molecular formula is C14H18BrClFN3. The van der Waals surface area contributed by atoms with Gasteiger partial charge in [0.1, 0.15) is 11.6 Å². The molecule has 0 saturated carbocycles. The van der Waals surface area contributed by atoms with Crippen molar-refractivity contribution in [2.24, 2.45) is 0 Å². The number of alkyl halides is 1. The number of rotatable bonds is 5. The predicted molar refractivity (Wildman–Crippen MR) is 84.8 cm³/mol. The van der Waals surface area contributed by atoms with E-state index in [1.807, 2.05) is 21.0 Å². The van der Waals surface area contributed by atoms with Crippen LogP contribution in [0.2, 0.25) is 0 Å². The molecule has 1 aromatic carbocycles. The van der Waals surface area contributed by atoms with Crippen molar-refractivity contribution in [2.75, 3.05) is 20.6 Å². The van der Waals surface area contributed by atoms with E-state index < -0.39 is 0 Å². The zero-order valence-electron chi connectivity index (χ0n) is 11.8. The quantitative estimate of drug-likeness (QED) is 0.744. The zero-order chi connectivity index (χ0) is 14.9. The first-order valence-electron chi connectivity index (χ1n) is 6.54. The fourth-order valence-electron chi connectivity index (χ4n) is 2.22. The SMILES string of the molecule is CC(Cl)c1nc2cc(F)c(Br)cc2n1CCCN(C)C. The van der Waals surface area contributed by atoms with Crippen molar-refractivity contribution < 1.29 is 4.39 Å². The highest BCUT2D eigenvalue weighted by atomic mass is 79.9. The maximum Gasteiger partial charge on any atom is 0.139 e. The zero-order valence-corrected chi connectivity index (χ0v) is 14.2. The molecule has 1 atom stereocenters. The molecule has 0 fully saturated rings. The molecule has 2 aromatic rings. The molecule has 3 nitrogen and oxygen atoms in total. The molecule has 110 valence electrons. The Morgan fingerprint density at radius 1 is 1.45 bits per heavy atom. The third-order valence-electron chi connectivity index (χ3n) is 3.16. The summed E-state index contributed by atoms with van der Waals surface area (Å²) in [6.07, 6.45) is 0.990. The molecule has 1 aromatic heterocycles. The standard InChI is InChI=1S/C14H18BrClFN3/c1-9(16)14-18-12-8-11(17)10(15)7-13(12)20(14)6-4-5-19(2)3/h7-9H,4-6H2,1-3H3. The van der Waals surface area contributed by atoms with Crippen molar-refractivity contribution in [3.8, 4) is 0 Å². The highest BCUT2D eigenvalue weighted by molar-refractivity contribution is 9.10. The van der Waals surface area contributed by atoms with Crippen LogP contribution in [0.1, 0.15) is 24.5 Å². The minimum Gasteiger partial charge on any atom is -0.327 e. The number of halogens is 3. The van der Waals surface area contributed by atoms with Crippen LogP contribution in [0.4, 0.5) is 4.39 Å². The number of aryl methyl sites for hydroxylation is 1. The van der Waals surface area contributed by atoms with Crippen molar-refractivity contribution in [1.29, 1.82) is 0 Å². The molecule has 0 aliphatic rings. The van der Waals surface area contributed by atoms with Crippen molar-refractivity contribution in [2.45, 2.75) is 25.3 Å². The first-order chi connectivity index (χ1) is 9.40. The number of imidazole rings is 1. The fourth-order valence-corrected chi connectivity index (χ4v) is 2.72. The number of hydrogen-bond acceptors (Lipinski definition) is 2. The molecule has 0 aliphatic carbocycles. The number of benzene rings is 1.